The van der Waals surface area contributed by atoms with Crippen LogP contribution in [0.1, 0.15) is 17.1 Å². The molecule has 0 saturated carbocycles. The van der Waals surface area contributed by atoms with Crippen LogP contribution < -0.4 is 10.5 Å². The zero-order chi connectivity index (χ0) is 14.4. The maximum atomic E-state index is 12.3. The Hall–Kier alpha value is -2.03. The SMILES string of the molecule is Cc1nn(C)c(NS(=O)(=O)c2c(C)noc2C)c1N. The van der Waals surface area contributed by atoms with Crippen molar-refractivity contribution in [1.29, 1.82) is 0 Å². The molecule has 3 N–H and O–H groups in total. The highest BCUT2D eigenvalue weighted by Gasteiger charge is 2.26. The van der Waals surface area contributed by atoms with Gasteiger partial charge in [0.1, 0.15) is 5.69 Å². The average Bonchev–Trinajstić information content (AvgIpc) is 2.74. The molecule has 0 amide bonds. The van der Waals surface area contributed by atoms with Crippen LogP contribution in [0.3, 0.4) is 0 Å². The second kappa shape index (κ2) is 4.26. The summed E-state index contributed by atoms with van der Waals surface area (Å²) in [7, 11) is -2.20. The second-order valence-corrected chi connectivity index (χ2v) is 5.85. The minimum Gasteiger partial charge on any atom is -0.394 e. The first kappa shape index (κ1) is 13.4. The summed E-state index contributed by atoms with van der Waals surface area (Å²) in [6, 6.07) is 0. The van der Waals surface area contributed by atoms with Crippen LogP contribution in [-0.2, 0) is 17.1 Å². The molecule has 0 atom stereocenters. The zero-order valence-electron chi connectivity index (χ0n) is 11.1. The van der Waals surface area contributed by atoms with E-state index >= 15 is 0 Å². The van der Waals surface area contributed by atoms with E-state index in [9.17, 15) is 8.42 Å². The number of nitrogen functional groups attached to an aromatic ring is 1. The Labute approximate surface area is 110 Å². The number of anilines is 2. The molecule has 2 aromatic heterocycles. The van der Waals surface area contributed by atoms with Crippen LogP contribution in [0.5, 0.6) is 0 Å². The van der Waals surface area contributed by atoms with Crippen LogP contribution in [0.4, 0.5) is 11.5 Å². The van der Waals surface area contributed by atoms with Crippen molar-refractivity contribution >= 4 is 21.5 Å². The van der Waals surface area contributed by atoms with Gasteiger partial charge in [-0.3, -0.25) is 4.72 Å². The Morgan fingerprint density at radius 2 is 1.89 bits per heavy atom. The van der Waals surface area contributed by atoms with Gasteiger partial charge in [0.05, 0.1) is 11.4 Å². The number of nitrogens with zero attached hydrogens (tertiary/aromatic N) is 3. The minimum atomic E-state index is -3.81. The molecule has 0 spiro atoms. The van der Waals surface area contributed by atoms with Crippen molar-refractivity contribution in [2.24, 2.45) is 7.05 Å². The molecule has 104 valence electrons. The zero-order valence-corrected chi connectivity index (χ0v) is 11.9. The number of nitrogens with one attached hydrogen (secondary N) is 1. The fraction of sp³-hybridized carbons (Fsp3) is 0.400. The predicted octanol–water partition coefficient (Wildman–Crippen LogP) is 0.716. The van der Waals surface area contributed by atoms with Gasteiger partial charge in [0, 0.05) is 7.05 Å². The van der Waals surface area contributed by atoms with E-state index in [0.717, 1.165) is 0 Å². The molecular formula is C10H15N5O3S. The van der Waals surface area contributed by atoms with Crippen molar-refractivity contribution in [3.63, 3.8) is 0 Å². The normalized spacial score (nSPS) is 11.8. The lowest BCUT2D eigenvalue weighted by molar-refractivity contribution is 0.390. The van der Waals surface area contributed by atoms with E-state index in [-0.39, 0.29) is 22.2 Å². The molecule has 0 radical (unpaired) electrons. The Morgan fingerprint density at radius 3 is 2.32 bits per heavy atom. The Balaban J connectivity index is 2.48. The molecule has 8 nitrogen and oxygen atoms in total. The smallest absolute Gasteiger partial charge is 0.268 e. The van der Waals surface area contributed by atoms with Crippen molar-refractivity contribution in [2.45, 2.75) is 25.7 Å². The summed E-state index contributed by atoms with van der Waals surface area (Å²) in [5.74, 6) is 0.444. The Kier molecular flexibility index (Phi) is 3.01. The summed E-state index contributed by atoms with van der Waals surface area (Å²) in [6.45, 7) is 4.79. The fourth-order valence-electron chi connectivity index (χ4n) is 1.83. The molecule has 0 fully saturated rings. The van der Waals surface area contributed by atoms with Crippen LogP contribution >= 0.6 is 0 Å². The maximum Gasteiger partial charge on any atom is 0.268 e. The van der Waals surface area contributed by atoms with E-state index in [1.54, 1.807) is 20.9 Å². The highest BCUT2D eigenvalue weighted by atomic mass is 32.2. The number of hydrogen-bond donors (Lipinski definition) is 2. The van der Waals surface area contributed by atoms with Gasteiger partial charge in [-0.1, -0.05) is 5.16 Å². The van der Waals surface area contributed by atoms with E-state index < -0.39 is 10.0 Å². The van der Waals surface area contributed by atoms with Gasteiger partial charge >= 0.3 is 0 Å². The highest BCUT2D eigenvalue weighted by Crippen LogP contribution is 2.26. The summed E-state index contributed by atoms with van der Waals surface area (Å²) in [5, 5.41) is 7.67. The molecule has 0 bridgehead atoms. The molecule has 2 aromatic rings. The summed E-state index contributed by atoms with van der Waals surface area (Å²) >= 11 is 0. The third kappa shape index (κ3) is 2.16. The molecule has 19 heavy (non-hydrogen) atoms. The molecule has 0 aliphatic heterocycles. The minimum absolute atomic E-state index is 0.0192. The van der Waals surface area contributed by atoms with Crippen molar-refractivity contribution in [3.8, 4) is 0 Å². The number of hydrogen-bond acceptors (Lipinski definition) is 6. The van der Waals surface area contributed by atoms with E-state index in [2.05, 4.69) is 15.0 Å². The van der Waals surface area contributed by atoms with Crippen molar-refractivity contribution < 1.29 is 12.9 Å². The molecule has 2 rings (SSSR count). The topological polar surface area (TPSA) is 116 Å². The van der Waals surface area contributed by atoms with E-state index in [1.165, 1.54) is 11.6 Å². The first-order valence-electron chi connectivity index (χ1n) is 5.48. The highest BCUT2D eigenvalue weighted by molar-refractivity contribution is 7.92. The number of aromatic nitrogens is 3. The molecule has 2 heterocycles. The Morgan fingerprint density at radius 1 is 1.26 bits per heavy atom. The predicted molar refractivity (Wildman–Crippen MR) is 69.1 cm³/mol. The molecule has 0 saturated heterocycles. The summed E-state index contributed by atoms with van der Waals surface area (Å²) < 4.78 is 33.3. The lowest BCUT2D eigenvalue weighted by Crippen LogP contribution is -2.17. The summed E-state index contributed by atoms with van der Waals surface area (Å²) in [5.41, 5.74) is 6.93. The van der Waals surface area contributed by atoms with Crippen LogP contribution in [0.25, 0.3) is 0 Å². The van der Waals surface area contributed by atoms with E-state index in [4.69, 9.17) is 10.3 Å². The van der Waals surface area contributed by atoms with Gasteiger partial charge in [-0.2, -0.15) is 5.10 Å². The van der Waals surface area contributed by atoms with Gasteiger partial charge in [0.25, 0.3) is 10.0 Å². The second-order valence-electron chi connectivity index (χ2n) is 4.23. The third-order valence-electron chi connectivity index (χ3n) is 2.74. The summed E-state index contributed by atoms with van der Waals surface area (Å²) in [6.07, 6.45) is 0. The number of nitrogens with two attached hydrogens (primary N) is 1. The standard InChI is InChI=1S/C10H15N5O3S/c1-5-8(11)10(15(4)12-5)14-19(16,17)9-6(2)13-18-7(9)3/h14H,11H2,1-4H3. The molecule has 0 aliphatic carbocycles. The van der Waals surface area contributed by atoms with Gasteiger partial charge < -0.3 is 10.3 Å². The molecular weight excluding hydrogens is 270 g/mol. The third-order valence-corrected chi connectivity index (χ3v) is 4.32. The number of sulfonamides is 1. The number of aryl methyl sites for hydroxylation is 4. The molecule has 0 aliphatic rings. The van der Waals surface area contributed by atoms with Gasteiger partial charge in [-0.15, -0.1) is 0 Å². The summed E-state index contributed by atoms with van der Waals surface area (Å²) in [4.78, 5) is 0.0192. The van der Waals surface area contributed by atoms with Crippen molar-refractivity contribution in [1.82, 2.24) is 14.9 Å². The van der Waals surface area contributed by atoms with Crippen molar-refractivity contribution in [3.05, 3.63) is 17.1 Å². The van der Waals surface area contributed by atoms with Crippen molar-refractivity contribution in [2.75, 3.05) is 10.5 Å². The molecule has 0 aromatic carbocycles. The van der Waals surface area contributed by atoms with Crippen LogP contribution in [0.2, 0.25) is 0 Å². The first-order valence-corrected chi connectivity index (χ1v) is 6.97. The van der Waals surface area contributed by atoms with Gasteiger partial charge in [-0.25, -0.2) is 13.1 Å². The largest absolute Gasteiger partial charge is 0.394 e. The van der Waals surface area contributed by atoms with Gasteiger partial charge in [0.2, 0.25) is 0 Å². The molecule has 9 heteroatoms. The average molecular weight is 285 g/mol. The van der Waals surface area contributed by atoms with E-state index in [1.807, 2.05) is 0 Å². The Bertz CT molecular complexity index is 709. The number of rotatable bonds is 3. The first-order chi connectivity index (χ1) is 8.74. The van der Waals surface area contributed by atoms with Gasteiger partial charge in [-0.05, 0) is 20.8 Å². The van der Waals surface area contributed by atoms with Crippen LogP contribution in [-0.4, -0.2) is 23.4 Å². The lowest BCUT2D eigenvalue weighted by atomic mass is 10.4. The fourth-order valence-corrected chi connectivity index (χ4v) is 3.27. The maximum absolute atomic E-state index is 12.3. The van der Waals surface area contributed by atoms with Crippen LogP contribution in [0.15, 0.2) is 9.42 Å². The van der Waals surface area contributed by atoms with Crippen LogP contribution in [0, 0.1) is 20.8 Å². The van der Waals surface area contributed by atoms with Gasteiger partial charge in [0.15, 0.2) is 16.5 Å². The quantitative estimate of drug-likeness (QED) is 0.858. The lowest BCUT2D eigenvalue weighted by Gasteiger charge is -2.08. The van der Waals surface area contributed by atoms with E-state index in [0.29, 0.717) is 11.4 Å². The monoisotopic (exact) mass is 285 g/mol. The molecule has 0 unspecified atom stereocenters.